The molecule has 0 bridgehead atoms. The van der Waals surface area contributed by atoms with Gasteiger partial charge in [-0.15, -0.1) is 0 Å². The van der Waals surface area contributed by atoms with Crippen LogP contribution in [0.5, 0.6) is 0 Å². The van der Waals surface area contributed by atoms with E-state index in [1.54, 1.807) is 0 Å². The molecule has 0 heterocycles. The Bertz CT molecular complexity index is 353. The molecule has 0 amide bonds. The molecule has 1 aromatic rings. The van der Waals surface area contributed by atoms with Crippen LogP contribution in [0.1, 0.15) is 33.3 Å². The fourth-order valence-corrected chi connectivity index (χ4v) is 1.22. The summed E-state index contributed by atoms with van der Waals surface area (Å²) < 4.78 is 0. The molecule has 0 atom stereocenters. The van der Waals surface area contributed by atoms with E-state index in [1.807, 2.05) is 52.0 Å². The molecule has 0 aliphatic rings. The van der Waals surface area contributed by atoms with Crippen LogP contribution in [0, 0.1) is 0 Å². The summed E-state index contributed by atoms with van der Waals surface area (Å²) in [6.07, 6.45) is 6.23. The monoisotopic (exact) mass is 214 g/mol. The Balaban J connectivity index is 0.00000106. The van der Waals surface area contributed by atoms with Gasteiger partial charge in [0, 0.05) is 0 Å². The van der Waals surface area contributed by atoms with Crippen molar-refractivity contribution in [3.05, 3.63) is 66.3 Å². The number of allylic oxidation sites excluding steroid dienone is 5. The Morgan fingerprint density at radius 2 is 1.62 bits per heavy atom. The normalized spacial score (nSPS) is 10.9. The topological polar surface area (TPSA) is 0 Å². The molecule has 0 spiro atoms. The van der Waals surface area contributed by atoms with E-state index in [0.717, 1.165) is 5.57 Å². The Morgan fingerprint density at radius 1 is 1.06 bits per heavy atom. The first-order valence-electron chi connectivity index (χ1n) is 5.79. The molecule has 1 aromatic carbocycles. The molecule has 0 radical (unpaired) electrons. The van der Waals surface area contributed by atoms with Crippen LogP contribution in [-0.2, 0) is 0 Å². The van der Waals surface area contributed by atoms with E-state index >= 15 is 0 Å². The highest BCUT2D eigenvalue weighted by atomic mass is 14.0. The van der Waals surface area contributed by atoms with Crippen LogP contribution < -0.4 is 0 Å². The highest BCUT2D eigenvalue weighted by Gasteiger charge is 1.93. The number of rotatable bonds is 3. The van der Waals surface area contributed by atoms with Crippen LogP contribution in [0.3, 0.4) is 0 Å². The van der Waals surface area contributed by atoms with Gasteiger partial charge in [-0.2, -0.15) is 0 Å². The molecule has 0 saturated carbocycles. The molecular formula is C16H22. The Morgan fingerprint density at radius 3 is 2.06 bits per heavy atom. The van der Waals surface area contributed by atoms with E-state index in [0.29, 0.717) is 0 Å². The standard InChI is InChI=1S/C14H16.C2H6/c1-4-13(11-10-12(2)3)14-8-6-5-7-9-14;1-2/h4-11H,2H2,1,3H3;1-2H3/b11-10-,13-4+;. The first-order valence-corrected chi connectivity index (χ1v) is 5.79. The Labute approximate surface area is 100 Å². The van der Waals surface area contributed by atoms with Gasteiger partial charge >= 0.3 is 0 Å². The zero-order chi connectivity index (χ0) is 12.4. The van der Waals surface area contributed by atoms with Crippen molar-refractivity contribution in [2.75, 3.05) is 0 Å². The van der Waals surface area contributed by atoms with Crippen LogP contribution in [-0.4, -0.2) is 0 Å². The Hall–Kier alpha value is -1.56. The predicted octanol–water partition coefficient (Wildman–Crippen LogP) is 5.25. The highest BCUT2D eigenvalue weighted by molar-refractivity contribution is 5.74. The van der Waals surface area contributed by atoms with Crippen molar-refractivity contribution < 1.29 is 0 Å². The molecule has 16 heavy (non-hydrogen) atoms. The summed E-state index contributed by atoms with van der Waals surface area (Å²) in [5.41, 5.74) is 3.54. The van der Waals surface area contributed by atoms with E-state index < -0.39 is 0 Å². The van der Waals surface area contributed by atoms with Crippen LogP contribution in [0.2, 0.25) is 0 Å². The zero-order valence-corrected chi connectivity index (χ0v) is 10.8. The van der Waals surface area contributed by atoms with Crippen LogP contribution >= 0.6 is 0 Å². The minimum atomic E-state index is 1.07. The summed E-state index contributed by atoms with van der Waals surface area (Å²) >= 11 is 0. The van der Waals surface area contributed by atoms with E-state index in [4.69, 9.17) is 0 Å². The first-order chi connectivity index (χ1) is 7.74. The zero-order valence-electron chi connectivity index (χ0n) is 10.8. The average Bonchev–Trinajstić information content (AvgIpc) is 2.33. The molecule has 0 nitrogen and oxygen atoms in total. The van der Waals surface area contributed by atoms with Crippen molar-refractivity contribution in [1.82, 2.24) is 0 Å². The van der Waals surface area contributed by atoms with Gasteiger partial charge in [0.1, 0.15) is 0 Å². The summed E-state index contributed by atoms with van der Waals surface area (Å²) in [5, 5.41) is 0. The first kappa shape index (κ1) is 14.4. The lowest BCUT2D eigenvalue weighted by atomic mass is 10.0. The van der Waals surface area contributed by atoms with Crippen molar-refractivity contribution in [2.24, 2.45) is 0 Å². The van der Waals surface area contributed by atoms with Gasteiger partial charge in [0.25, 0.3) is 0 Å². The van der Waals surface area contributed by atoms with Gasteiger partial charge in [0.05, 0.1) is 0 Å². The molecular weight excluding hydrogens is 192 g/mol. The number of hydrogen-bond donors (Lipinski definition) is 0. The maximum Gasteiger partial charge on any atom is -0.0187 e. The molecule has 86 valence electrons. The third kappa shape index (κ3) is 5.35. The van der Waals surface area contributed by atoms with E-state index in [2.05, 4.69) is 30.9 Å². The molecule has 0 fully saturated rings. The van der Waals surface area contributed by atoms with Crippen LogP contribution in [0.25, 0.3) is 5.57 Å². The molecule has 0 aromatic heterocycles. The van der Waals surface area contributed by atoms with E-state index in [-0.39, 0.29) is 0 Å². The third-order valence-electron chi connectivity index (χ3n) is 1.97. The van der Waals surface area contributed by atoms with Gasteiger partial charge in [0.15, 0.2) is 0 Å². The smallest absolute Gasteiger partial charge is 0.0187 e. The summed E-state index contributed by atoms with van der Waals surface area (Å²) in [6.45, 7) is 11.9. The van der Waals surface area contributed by atoms with E-state index in [1.165, 1.54) is 11.1 Å². The second kappa shape index (κ2) is 8.72. The molecule has 0 heteroatoms. The second-order valence-electron chi connectivity index (χ2n) is 3.29. The lowest BCUT2D eigenvalue weighted by molar-refractivity contribution is 1.50. The maximum absolute atomic E-state index is 3.84. The van der Waals surface area contributed by atoms with Crippen LogP contribution in [0.4, 0.5) is 0 Å². The van der Waals surface area contributed by atoms with Crippen molar-refractivity contribution in [3.63, 3.8) is 0 Å². The second-order valence-corrected chi connectivity index (χ2v) is 3.29. The lowest BCUT2D eigenvalue weighted by Gasteiger charge is -2.00. The third-order valence-corrected chi connectivity index (χ3v) is 1.97. The molecule has 0 aliphatic heterocycles. The average molecular weight is 214 g/mol. The number of benzene rings is 1. The fourth-order valence-electron chi connectivity index (χ4n) is 1.22. The van der Waals surface area contributed by atoms with Crippen molar-refractivity contribution in [2.45, 2.75) is 27.7 Å². The molecule has 0 aliphatic carbocycles. The summed E-state index contributed by atoms with van der Waals surface area (Å²) in [7, 11) is 0. The van der Waals surface area contributed by atoms with E-state index in [9.17, 15) is 0 Å². The Kier molecular flexibility index (Phi) is 7.87. The lowest BCUT2D eigenvalue weighted by Crippen LogP contribution is -1.78. The largest absolute Gasteiger partial charge is 0.0961 e. The summed E-state index contributed by atoms with van der Waals surface area (Å²) in [4.78, 5) is 0. The minimum absolute atomic E-state index is 1.07. The number of hydrogen-bond acceptors (Lipinski definition) is 0. The highest BCUT2D eigenvalue weighted by Crippen LogP contribution is 2.15. The fraction of sp³-hybridized carbons (Fsp3) is 0.250. The van der Waals surface area contributed by atoms with Crippen molar-refractivity contribution in [1.29, 1.82) is 0 Å². The minimum Gasteiger partial charge on any atom is -0.0961 e. The van der Waals surface area contributed by atoms with Gasteiger partial charge in [-0.1, -0.05) is 74.6 Å². The van der Waals surface area contributed by atoms with Gasteiger partial charge in [-0.25, -0.2) is 0 Å². The molecule has 1 rings (SSSR count). The van der Waals surface area contributed by atoms with Gasteiger partial charge in [0.2, 0.25) is 0 Å². The SMILES string of the molecule is C=C(C)/C=C\C(=C/C)c1ccccc1.CC. The summed E-state index contributed by atoms with van der Waals surface area (Å²) in [5.74, 6) is 0. The molecule has 0 unspecified atom stereocenters. The molecule has 0 saturated heterocycles. The van der Waals surface area contributed by atoms with Crippen molar-refractivity contribution >= 4 is 5.57 Å². The van der Waals surface area contributed by atoms with Gasteiger partial charge in [-0.05, 0) is 25.0 Å². The molecule has 0 N–H and O–H groups in total. The van der Waals surface area contributed by atoms with Crippen LogP contribution in [0.15, 0.2) is 60.7 Å². The van der Waals surface area contributed by atoms with Gasteiger partial charge in [-0.3, -0.25) is 0 Å². The summed E-state index contributed by atoms with van der Waals surface area (Å²) in [6, 6.07) is 10.3. The predicted molar refractivity (Wildman–Crippen MR) is 75.4 cm³/mol. The van der Waals surface area contributed by atoms with Crippen molar-refractivity contribution in [3.8, 4) is 0 Å². The van der Waals surface area contributed by atoms with Gasteiger partial charge < -0.3 is 0 Å². The maximum atomic E-state index is 3.84. The quantitative estimate of drug-likeness (QED) is 0.603.